The van der Waals surface area contributed by atoms with Crippen LogP contribution < -0.4 is 5.56 Å². The molecule has 5 rings (SSSR count). The molecule has 0 aliphatic carbocycles. The Morgan fingerprint density at radius 3 is 2.86 bits per heavy atom. The van der Waals surface area contributed by atoms with Crippen LogP contribution >= 0.6 is 0 Å². The molecule has 0 saturated heterocycles. The molecule has 7 nitrogen and oxygen atoms in total. The van der Waals surface area contributed by atoms with Crippen molar-refractivity contribution in [2.45, 2.75) is 19.8 Å². The van der Waals surface area contributed by atoms with Gasteiger partial charge >= 0.3 is 0 Å². The number of rotatable bonds is 4. The van der Waals surface area contributed by atoms with Crippen molar-refractivity contribution in [1.82, 2.24) is 24.7 Å². The van der Waals surface area contributed by atoms with Gasteiger partial charge in [0.15, 0.2) is 0 Å². The first-order valence-electron chi connectivity index (χ1n) is 9.45. The number of nitrogens with one attached hydrogen (secondary N) is 1. The maximum atomic E-state index is 12.1. The van der Waals surface area contributed by atoms with Gasteiger partial charge in [0.2, 0.25) is 11.7 Å². The van der Waals surface area contributed by atoms with Crippen LogP contribution in [0, 0.1) is 6.92 Å². The molecule has 0 atom stereocenters. The molecule has 0 fully saturated rings. The smallest absolute Gasteiger partial charge is 0.272 e. The molecule has 0 saturated carbocycles. The van der Waals surface area contributed by atoms with E-state index < -0.39 is 0 Å². The average molecular weight is 385 g/mol. The molecule has 144 valence electrons. The molecule has 1 N–H and O–H groups in total. The summed E-state index contributed by atoms with van der Waals surface area (Å²) >= 11 is 0. The number of benzene rings is 2. The highest BCUT2D eigenvalue weighted by atomic mass is 16.5. The second kappa shape index (κ2) is 6.70. The monoisotopic (exact) mass is 385 g/mol. The highest BCUT2D eigenvalue weighted by molar-refractivity contribution is 5.83. The molecule has 3 aromatic heterocycles. The first kappa shape index (κ1) is 17.4. The fourth-order valence-corrected chi connectivity index (χ4v) is 3.67. The van der Waals surface area contributed by atoms with E-state index in [0.717, 1.165) is 28.5 Å². The van der Waals surface area contributed by atoms with Crippen molar-refractivity contribution in [2.24, 2.45) is 7.05 Å². The quantitative estimate of drug-likeness (QED) is 0.511. The van der Waals surface area contributed by atoms with Crippen LogP contribution in [0.25, 0.3) is 33.3 Å². The van der Waals surface area contributed by atoms with E-state index in [1.165, 1.54) is 10.9 Å². The van der Waals surface area contributed by atoms with Gasteiger partial charge in [0.25, 0.3) is 5.56 Å². The zero-order valence-electron chi connectivity index (χ0n) is 16.1. The van der Waals surface area contributed by atoms with E-state index in [9.17, 15) is 4.79 Å². The van der Waals surface area contributed by atoms with Gasteiger partial charge < -0.3 is 14.1 Å². The normalized spacial score (nSPS) is 11.5. The molecule has 2 aromatic carbocycles. The van der Waals surface area contributed by atoms with Crippen molar-refractivity contribution in [1.29, 1.82) is 0 Å². The number of para-hydroxylation sites is 1. The largest absolute Gasteiger partial charge is 0.361 e. The lowest BCUT2D eigenvalue weighted by molar-refractivity contribution is 0.379. The van der Waals surface area contributed by atoms with Gasteiger partial charge in [-0.1, -0.05) is 23.4 Å². The molecular weight excluding hydrogens is 366 g/mol. The summed E-state index contributed by atoms with van der Waals surface area (Å²) in [5.41, 5.74) is 5.03. The van der Waals surface area contributed by atoms with Crippen LogP contribution in [0.2, 0.25) is 0 Å². The van der Waals surface area contributed by atoms with Gasteiger partial charge in [-0.05, 0) is 43.2 Å². The van der Waals surface area contributed by atoms with Crippen molar-refractivity contribution < 1.29 is 4.52 Å². The maximum Gasteiger partial charge on any atom is 0.272 e. The van der Waals surface area contributed by atoms with Gasteiger partial charge in [-0.15, -0.1) is 0 Å². The summed E-state index contributed by atoms with van der Waals surface area (Å²) in [6.45, 7) is 1.71. The van der Waals surface area contributed by atoms with Gasteiger partial charge in [0.1, 0.15) is 5.69 Å². The Morgan fingerprint density at radius 2 is 1.97 bits per heavy atom. The van der Waals surface area contributed by atoms with Gasteiger partial charge in [-0.2, -0.15) is 4.98 Å². The van der Waals surface area contributed by atoms with Gasteiger partial charge in [0.05, 0.1) is 11.0 Å². The van der Waals surface area contributed by atoms with Gasteiger partial charge in [-0.3, -0.25) is 4.79 Å². The highest BCUT2D eigenvalue weighted by Gasteiger charge is 2.12. The Bertz CT molecular complexity index is 1410. The number of hydrogen-bond acceptors (Lipinski definition) is 5. The maximum absolute atomic E-state index is 12.1. The van der Waals surface area contributed by atoms with Crippen LogP contribution in [-0.2, 0) is 19.9 Å². The van der Waals surface area contributed by atoms with Crippen LogP contribution in [-0.4, -0.2) is 24.7 Å². The van der Waals surface area contributed by atoms with Crippen LogP contribution in [0.4, 0.5) is 0 Å². The van der Waals surface area contributed by atoms with E-state index in [4.69, 9.17) is 4.52 Å². The summed E-state index contributed by atoms with van der Waals surface area (Å²) in [5.74, 6) is 1.11. The van der Waals surface area contributed by atoms with Crippen LogP contribution in [0.3, 0.4) is 0 Å². The molecule has 5 aromatic rings. The predicted octanol–water partition coefficient (Wildman–Crippen LogP) is 3.56. The fourth-order valence-electron chi connectivity index (χ4n) is 3.67. The third-order valence-electron chi connectivity index (χ3n) is 5.25. The molecule has 0 aliphatic heterocycles. The molecule has 0 aliphatic rings. The van der Waals surface area contributed by atoms with Gasteiger partial charge in [-0.25, -0.2) is 4.98 Å². The Balaban J connectivity index is 1.41. The SMILES string of the molecule is Cc1nc2cc(-c3noc(CCc4c[nH]c5ccccc45)n3)ccc2n(C)c1=O. The molecule has 0 unspecified atom stereocenters. The summed E-state index contributed by atoms with van der Waals surface area (Å²) in [6, 6.07) is 13.9. The Morgan fingerprint density at radius 1 is 1.10 bits per heavy atom. The van der Waals surface area contributed by atoms with Crippen molar-refractivity contribution >= 4 is 21.9 Å². The minimum absolute atomic E-state index is 0.0932. The standard InChI is InChI=1S/C22H19N5O2/c1-13-22(28)27(2)19-9-7-14(11-18(19)24-13)21-25-20(29-26-21)10-8-15-12-23-17-6-4-3-5-16(15)17/h3-7,9,11-12,23H,8,10H2,1-2H3. The van der Waals surface area contributed by atoms with Crippen LogP contribution in [0.5, 0.6) is 0 Å². The lowest BCUT2D eigenvalue weighted by Crippen LogP contribution is -2.21. The summed E-state index contributed by atoms with van der Waals surface area (Å²) in [4.78, 5) is 24.3. The zero-order valence-corrected chi connectivity index (χ0v) is 16.1. The number of aromatic nitrogens is 5. The molecule has 0 amide bonds. The second-order valence-electron chi connectivity index (χ2n) is 7.14. The van der Waals surface area contributed by atoms with E-state index in [-0.39, 0.29) is 5.56 Å². The third-order valence-corrected chi connectivity index (χ3v) is 5.25. The van der Waals surface area contributed by atoms with Crippen molar-refractivity contribution in [2.75, 3.05) is 0 Å². The van der Waals surface area contributed by atoms with Crippen molar-refractivity contribution in [3.05, 3.63) is 76.2 Å². The van der Waals surface area contributed by atoms with Crippen molar-refractivity contribution in [3.8, 4) is 11.4 Å². The third kappa shape index (κ3) is 3.00. The fraction of sp³-hybridized carbons (Fsp3) is 0.182. The lowest BCUT2D eigenvalue weighted by Gasteiger charge is -2.06. The first-order chi connectivity index (χ1) is 14.1. The van der Waals surface area contributed by atoms with E-state index in [0.29, 0.717) is 23.8 Å². The number of aromatic amines is 1. The van der Waals surface area contributed by atoms with Crippen molar-refractivity contribution in [3.63, 3.8) is 0 Å². The summed E-state index contributed by atoms with van der Waals surface area (Å²) in [7, 11) is 1.75. The van der Waals surface area contributed by atoms with E-state index >= 15 is 0 Å². The number of fused-ring (bicyclic) bond motifs is 2. The minimum atomic E-state index is -0.0932. The number of nitrogens with zero attached hydrogens (tertiary/aromatic N) is 4. The molecule has 0 spiro atoms. The number of hydrogen-bond donors (Lipinski definition) is 1. The lowest BCUT2D eigenvalue weighted by atomic mass is 10.1. The number of H-pyrrole nitrogens is 1. The molecule has 3 heterocycles. The predicted molar refractivity (Wildman–Crippen MR) is 111 cm³/mol. The molecule has 7 heteroatoms. The topological polar surface area (TPSA) is 89.6 Å². The summed E-state index contributed by atoms with van der Waals surface area (Å²) in [6.07, 6.45) is 3.50. The Hall–Kier alpha value is -3.74. The number of aryl methyl sites for hydroxylation is 4. The first-order valence-corrected chi connectivity index (χ1v) is 9.45. The van der Waals surface area contributed by atoms with E-state index in [1.54, 1.807) is 18.5 Å². The Kier molecular flexibility index (Phi) is 4.01. The molecule has 29 heavy (non-hydrogen) atoms. The van der Waals surface area contributed by atoms with Crippen LogP contribution in [0.15, 0.2) is 58.0 Å². The van der Waals surface area contributed by atoms with Gasteiger partial charge in [0, 0.05) is 36.1 Å². The summed E-state index contributed by atoms with van der Waals surface area (Å²) in [5, 5.41) is 5.34. The van der Waals surface area contributed by atoms with E-state index in [1.807, 2.05) is 36.5 Å². The summed E-state index contributed by atoms with van der Waals surface area (Å²) < 4.78 is 7.06. The second-order valence-corrected chi connectivity index (χ2v) is 7.14. The average Bonchev–Trinajstić information content (AvgIpc) is 3.37. The molecule has 0 radical (unpaired) electrons. The zero-order chi connectivity index (χ0) is 20.0. The molecule has 0 bridgehead atoms. The molecular formula is C22H19N5O2. The Labute approximate surface area is 166 Å². The van der Waals surface area contributed by atoms with E-state index in [2.05, 4.69) is 32.2 Å². The van der Waals surface area contributed by atoms with Crippen LogP contribution in [0.1, 0.15) is 17.1 Å². The highest BCUT2D eigenvalue weighted by Crippen LogP contribution is 2.22. The minimum Gasteiger partial charge on any atom is -0.361 e.